The van der Waals surface area contributed by atoms with Crippen molar-refractivity contribution < 1.29 is 32.3 Å². The van der Waals surface area contributed by atoms with Crippen molar-refractivity contribution in [3.8, 4) is 0 Å². The van der Waals surface area contributed by atoms with Crippen molar-refractivity contribution in [1.29, 1.82) is 0 Å². The number of carbonyl (C=O) groups is 3. The molecule has 0 aliphatic carbocycles. The smallest absolute Gasteiger partial charge is 0.413 e. The number of alkyl carbamates (subject to hydrolysis) is 1. The number of ether oxygens (including phenoxy) is 2. The fraction of sp³-hybridized carbons (Fsp3) is 0.357. The molecule has 0 unspecified atom stereocenters. The number of sulfonamides is 1. The Balaban J connectivity index is 2.45. The lowest BCUT2D eigenvalue weighted by atomic mass is 10.3. The van der Waals surface area contributed by atoms with Gasteiger partial charge in [-0.25, -0.2) is 17.9 Å². The van der Waals surface area contributed by atoms with Crippen molar-refractivity contribution in [3.05, 3.63) is 29.3 Å². The number of amides is 2. The lowest BCUT2D eigenvalue weighted by molar-refractivity contribution is -0.154. The van der Waals surface area contributed by atoms with Gasteiger partial charge in [-0.15, -0.1) is 0 Å². The summed E-state index contributed by atoms with van der Waals surface area (Å²) < 4.78 is 35.2. The number of halogens is 1. The monoisotopic (exact) mass is 392 g/mol. The van der Waals surface area contributed by atoms with E-state index >= 15 is 0 Å². The van der Waals surface area contributed by atoms with Crippen LogP contribution in [0.25, 0.3) is 0 Å². The topological polar surface area (TPSA) is 128 Å². The molecule has 1 rings (SSSR count). The molecule has 0 aromatic heterocycles. The molecule has 2 amide bonds. The van der Waals surface area contributed by atoms with Gasteiger partial charge in [0.2, 0.25) is 10.0 Å². The molecule has 1 aromatic rings. The van der Waals surface area contributed by atoms with E-state index in [2.05, 4.69) is 9.46 Å². The van der Waals surface area contributed by atoms with Crippen molar-refractivity contribution in [2.45, 2.75) is 24.3 Å². The van der Waals surface area contributed by atoms with E-state index in [1.54, 1.807) is 0 Å². The Morgan fingerprint density at radius 1 is 1.20 bits per heavy atom. The summed E-state index contributed by atoms with van der Waals surface area (Å²) in [6, 6.07) is 5.49. The van der Waals surface area contributed by atoms with Gasteiger partial charge in [0.25, 0.3) is 5.91 Å². The number of rotatable bonds is 7. The Morgan fingerprint density at radius 3 is 2.36 bits per heavy atom. The second-order valence-corrected chi connectivity index (χ2v) is 6.92. The van der Waals surface area contributed by atoms with Gasteiger partial charge in [-0.05, 0) is 31.2 Å². The Hall–Kier alpha value is -2.17. The first-order chi connectivity index (χ1) is 11.7. The summed E-state index contributed by atoms with van der Waals surface area (Å²) in [5, 5.41) is 2.23. The van der Waals surface area contributed by atoms with Crippen molar-refractivity contribution in [2.75, 3.05) is 13.7 Å². The minimum absolute atomic E-state index is 0.00362. The predicted molar refractivity (Wildman–Crippen MR) is 87.4 cm³/mol. The highest BCUT2D eigenvalue weighted by molar-refractivity contribution is 7.89. The van der Waals surface area contributed by atoms with Crippen molar-refractivity contribution >= 4 is 39.6 Å². The molecule has 0 fully saturated rings. The first kappa shape index (κ1) is 20.9. The molecule has 138 valence electrons. The van der Waals surface area contributed by atoms with Crippen LogP contribution in [0.2, 0.25) is 5.02 Å². The Labute approximate surface area is 149 Å². The van der Waals surface area contributed by atoms with Gasteiger partial charge in [0.05, 0.1) is 18.4 Å². The zero-order valence-corrected chi connectivity index (χ0v) is 15.0. The molecule has 0 heterocycles. The zero-order valence-electron chi connectivity index (χ0n) is 13.4. The lowest BCUT2D eigenvalue weighted by Crippen LogP contribution is -2.39. The van der Waals surface area contributed by atoms with Crippen LogP contribution < -0.4 is 10.0 Å². The highest BCUT2D eigenvalue weighted by atomic mass is 35.5. The number of methoxy groups -OCH3 is 1. The molecule has 9 nitrogen and oxygen atoms in total. The Bertz CT molecular complexity index is 734. The van der Waals surface area contributed by atoms with Crippen LogP contribution in [0, 0.1) is 0 Å². The number of nitrogens with one attached hydrogen (secondary N) is 2. The third-order valence-electron chi connectivity index (χ3n) is 2.83. The van der Waals surface area contributed by atoms with Crippen LogP contribution in [-0.4, -0.2) is 46.1 Å². The molecule has 2 N–H and O–H groups in total. The van der Waals surface area contributed by atoms with E-state index in [0.717, 1.165) is 7.11 Å². The maximum Gasteiger partial charge on any atom is 0.413 e. The minimum Gasteiger partial charge on any atom is -0.453 e. The number of esters is 1. The standard InChI is InChI=1S/C14H17ClN2O7S/c1-9(13(19)17-14(20)23-2)24-12(18)7-8-16-25(21,22)11-5-3-10(15)4-6-11/h3-6,9,16H,7-8H2,1-2H3,(H,17,19,20)/t9-/m0/s1. The summed E-state index contributed by atoms with van der Waals surface area (Å²) in [7, 11) is -2.72. The van der Waals surface area contributed by atoms with E-state index < -0.39 is 34.1 Å². The van der Waals surface area contributed by atoms with Crippen LogP contribution in [0.5, 0.6) is 0 Å². The summed E-state index contributed by atoms with van der Waals surface area (Å²) >= 11 is 5.68. The van der Waals surface area contributed by atoms with Gasteiger partial charge >= 0.3 is 12.1 Å². The third kappa shape index (κ3) is 7.08. The van der Waals surface area contributed by atoms with Gasteiger partial charge in [-0.1, -0.05) is 11.6 Å². The first-order valence-corrected chi connectivity index (χ1v) is 8.85. The van der Waals surface area contributed by atoms with E-state index in [0.29, 0.717) is 5.02 Å². The molecule has 11 heteroatoms. The van der Waals surface area contributed by atoms with Crippen LogP contribution in [-0.2, 0) is 29.1 Å². The average Bonchev–Trinajstić information content (AvgIpc) is 2.54. The van der Waals surface area contributed by atoms with Gasteiger partial charge in [0.1, 0.15) is 0 Å². The molecule has 0 radical (unpaired) electrons. The van der Waals surface area contributed by atoms with E-state index in [-0.39, 0.29) is 17.9 Å². The zero-order chi connectivity index (χ0) is 19.0. The van der Waals surface area contributed by atoms with E-state index in [9.17, 15) is 22.8 Å². The molecule has 0 saturated carbocycles. The van der Waals surface area contributed by atoms with Crippen LogP contribution in [0.4, 0.5) is 4.79 Å². The van der Waals surface area contributed by atoms with Crippen LogP contribution in [0.3, 0.4) is 0 Å². The maximum atomic E-state index is 12.0. The molecule has 0 spiro atoms. The quantitative estimate of drug-likeness (QED) is 0.657. The van der Waals surface area contributed by atoms with Crippen molar-refractivity contribution in [1.82, 2.24) is 10.0 Å². The molecule has 0 saturated heterocycles. The first-order valence-electron chi connectivity index (χ1n) is 6.99. The van der Waals surface area contributed by atoms with Crippen molar-refractivity contribution in [3.63, 3.8) is 0 Å². The third-order valence-corrected chi connectivity index (χ3v) is 4.56. The van der Waals surface area contributed by atoms with E-state index in [1.807, 2.05) is 5.32 Å². The molecule has 25 heavy (non-hydrogen) atoms. The number of benzene rings is 1. The predicted octanol–water partition coefficient (Wildman–Crippen LogP) is 0.823. The van der Waals surface area contributed by atoms with Crippen molar-refractivity contribution in [2.24, 2.45) is 0 Å². The van der Waals surface area contributed by atoms with Gasteiger partial charge in [-0.3, -0.25) is 14.9 Å². The Morgan fingerprint density at radius 2 is 1.80 bits per heavy atom. The largest absolute Gasteiger partial charge is 0.453 e. The van der Waals surface area contributed by atoms with Crippen LogP contribution in [0.15, 0.2) is 29.2 Å². The lowest BCUT2D eigenvalue weighted by Gasteiger charge is -2.12. The highest BCUT2D eigenvalue weighted by Gasteiger charge is 2.20. The number of hydrogen-bond donors (Lipinski definition) is 2. The molecule has 0 aliphatic heterocycles. The fourth-order valence-corrected chi connectivity index (χ4v) is 2.71. The SMILES string of the molecule is COC(=O)NC(=O)[C@H](C)OC(=O)CCNS(=O)(=O)c1ccc(Cl)cc1. The van der Waals surface area contributed by atoms with E-state index in [1.165, 1.54) is 31.2 Å². The molecular formula is C14H17ClN2O7S. The summed E-state index contributed by atoms with van der Waals surface area (Å²) in [5.41, 5.74) is 0. The molecule has 0 aliphatic rings. The number of hydrogen-bond acceptors (Lipinski definition) is 7. The summed E-state index contributed by atoms with van der Waals surface area (Å²) in [6.45, 7) is 1.03. The maximum absolute atomic E-state index is 12.0. The van der Waals surface area contributed by atoms with Gasteiger partial charge in [0.15, 0.2) is 6.10 Å². The molecule has 0 bridgehead atoms. The van der Waals surface area contributed by atoms with Crippen LogP contribution in [0.1, 0.15) is 13.3 Å². The number of imide groups is 1. The fourth-order valence-electron chi connectivity index (χ4n) is 1.55. The summed E-state index contributed by atoms with van der Waals surface area (Å²) in [5.74, 6) is -1.67. The van der Waals surface area contributed by atoms with Gasteiger partial charge in [-0.2, -0.15) is 0 Å². The van der Waals surface area contributed by atoms with Crippen LogP contribution >= 0.6 is 11.6 Å². The Kier molecular flexibility index (Phi) is 7.81. The summed E-state index contributed by atoms with van der Waals surface area (Å²) in [4.78, 5) is 34.0. The van der Waals surface area contributed by atoms with Gasteiger partial charge < -0.3 is 9.47 Å². The summed E-state index contributed by atoms with van der Waals surface area (Å²) in [6.07, 6.45) is -2.52. The molecule has 1 aromatic carbocycles. The van der Waals surface area contributed by atoms with E-state index in [4.69, 9.17) is 16.3 Å². The second kappa shape index (κ2) is 9.35. The molecule has 1 atom stereocenters. The normalized spacial score (nSPS) is 12.1. The minimum atomic E-state index is -3.79. The molecular weight excluding hydrogens is 376 g/mol. The van der Waals surface area contributed by atoms with Gasteiger partial charge in [0, 0.05) is 11.6 Å². The average molecular weight is 393 g/mol. The highest BCUT2D eigenvalue weighted by Crippen LogP contribution is 2.13. The number of carbonyl (C=O) groups excluding carboxylic acids is 3. The second-order valence-electron chi connectivity index (χ2n) is 4.71.